The topological polar surface area (TPSA) is 77.2 Å². The lowest BCUT2D eigenvalue weighted by molar-refractivity contribution is 0.0506. The number of benzene rings is 1. The molecule has 0 bridgehead atoms. The van der Waals surface area contributed by atoms with E-state index in [-0.39, 0.29) is 6.03 Å². The predicted octanol–water partition coefficient (Wildman–Crippen LogP) is 2.59. The minimum absolute atomic E-state index is 0.278. The van der Waals surface area contributed by atoms with Gasteiger partial charge in [0.15, 0.2) is 0 Å². The molecule has 5 heteroatoms. The fourth-order valence-electron chi connectivity index (χ4n) is 2.76. The molecule has 5 nitrogen and oxygen atoms in total. The third-order valence-corrected chi connectivity index (χ3v) is 3.92. The number of H-pyrrole nitrogens is 1. The molecule has 1 aliphatic carbocycles. The molecular formula is C15H19N3O2. The van der Waals surface area contributed by atoms with Crippen molar-refractivity contribution in [2.45, 2.75) is 31.3 Å². The van der Waals surface area contributed by atoms with E-state index in [0.717, 1.165) is 42.3 Å². The summed E-state index contributed by atoms with van der Waals surface area (Å²) in [5.74, 6) is 0. The van der Waals surface area contributed by atoms with E-state index in [0.29, 0.717) is 6.54 Å². The van der Waals surface area contributed by atoms with Gasteiger partial charge in [0, 0.05) is 29.3 Å². The lowest BCUT2D eigenvalue weighted by atomic mass is 10.0. The van der Waals surface area contributed by atoms with Crippen LogP contribution in [0.25, 0.3) is 10.9 Å². The Bertz CT molecular complexity index is 614. The number of anilines is 1. The van der Waals surface area contributed by atoms with Gasteiger partial charge in [-0.1, -0.05) is 12.8 Å². The van der Waals surface area contributed by atoms with Crippen LogP contribution in [0.15, 0.2) is 30.5 Å². The molecule has 20 heavy (non-hydrogen) atoms. The number of urea groups is 1. The van der Waals surface area contributed by atoms with E-state index < -0.39 is 5.60 Å². The Morgan fingerprint density at radius 1 is 1.30 bits per heavy atom. The number of rotatable bonds is 3. The summed E-state index contributed by atoms with van der Waals surface area (Å²) in [4.78, 5) is 15.0. The Hall–Kier alpha value is -2.01. The molecule has 1 aromatic carbocycles. The van der Waals surface area contributed by atoms with E-state index in [1.807, 2.05) is 30.5 Å². The number of fused-ring (bicyclic) bond motifs is 1. The second kappa shape index (κ2) is 5.17. The zero-order valence-electron chi connectivity index (χ0n) is 11.3. The van der Waals surface area contributed by atoms with Crippen LogP contribution in [0.3, 0.4) is 0 Å². The van der Waals surface area contributed by atoms with Crippen molar-refractivity contribution in [2.24, 2.45) is 0 Å². The van der Waals surface area contributed by atoms with Gasteiger partial charge in [0.05, 0.1) is 5.60 Å². The summed E-state index contributed by atoms with van der Waals surface area (Å²) in [7, 11) is 0. The number of hydrogen-bond acceptors (Lipinski definition) is 2. The van der Waals surface area contributed by atoms with E-state index in [9.17, 15) is 9.90 Å². The number of nitrogens with one attached hydrogen (secondary N) is 3. The molecule has 0 spiro atoms. The maximum Gasteiger partial charge on any atom is 0.319 e. The molecular weight excluding hydrogens is 254 g/mol. The van der Waals surface area contributed by atoms with Gasteiger partial charge in [0.25, 0.3) is 0 Å². The first-order valence-corrected chi connectivity index (χ1v) is 6.99. The monoisotopic (exact) mass is 273 g/mol. The molecule has 1 heterocycles. The van der Waals surface area contributed by atoms with E-state index in [2.05, 4.69) is 15.6 Å². The Morgan fingerprint density at radius 3 is 2.90 bits per heavy atom. The van der Waals surface area contributed by atoms with Crippen molar-refractivity contribution in [1.29, 1.82) is 0 Å². The second-order valence-electron chi connectivity index (χ2n) is 5.52. The van der Waals surface area contributed by atoms with Gasteiger partial charge in [-0.25, -0.2) is 4.79 Å². The van der Waals surface area contributed by atoms with Crippen LogP contribution in [-0.4, -0.2) is 28.3 Å². The van der Waals surface area contributed by atoms with E-state index in [1.165, 1.54) is 0 Å². The average Bonchev–Trinajstić information content (AvgIpc) is 3.05. The summed E-state index contributed by atoms with van der Waals surface area (Å²) in [5, 5.41) is 16.8. The number of carbonyl (C=O) groups excluding carboxylic acids is 1. The molecule has 1 saturated carbocycles. The highest BCUT2D eigenvalue weighted by atomic mass is 16.3. The third-order valence-electron chi connectivity index (χ3n) is 3.92. The van der Waals surface area contributed by atoms with Crippen LogP contribution >= 0.6 is 0 Å². The van der Waals surface area contributed by atoms with Gasteiger partial charge in [0.2, 0.25) is 0 Å². The molecule has 0 unspecified atom stereocenters. The summed E-state index contributed by atoms with van der Waals surface area (Å²) in [5.41, 5.74) is 1.06. The van der Waals surface area contributed by atoms with E-state index in [1.54, 1.807) is 0 Å². The van der Waals surface area contributed by atoms with Gasteiger partial charge in [-0.15, -0.1) is 0 Å². The van der Waals surface area contributed by atoms with Gasteiger partial charge in [-0.3, -0.25) is 0 Å². The highest BCUT2D eigenvalue weighted by Gasteiger charge is 2.31. The maximum absolute atomic E-state index is 11.8. The van der Waals surface area contributed by atoms with Crippen molar-refractivity contribution >= 4 is 22.6 Å². The van der Waals surface area contributed by atoms with E-state index in [4.69, 9.17) is 0 Å². The first-order valence-electron chi connectivity index (χ1n) is 6.99. The lowest BCUT2D eigenvalue weighted by Crippen LogP contribution is -2.42. The van der Waals surface area contributed by atoms with Crippen molar-refractivity contribution in [3.63, 3.8) is 0 Å². The Kier molecular flexibility index (Phi) is 3.36. The fourth-order valence-corrected chi connectivity index (χ4v) is 2.76. The molecule has 1 aliphatic rings. The minimum Gasteiger partial charge on any atom is -0.388 e. The quantitative estimate of drug-likeness (QED) is 0.693. The molecule has 106 valence electrons. The van der Waals surface area contributed by atoms with Crippen molar-refractivity contribution in [2.75, 3.05) is 11.9 Å². The molecule has 0 saturated heterocycles. The highest BCUT2D eigenvalue weighted by molar-refractivity contribution is 5.92. The third kappa shape index (κ3) is 2.77. The predicted molar refractivity (Wildman–Crippen MR) is 78.7 cm³/mol. The van der Waals surface area contributed by atoms with Crippen LogP contribution in [0, 0.1) is 0 Å². The number of carbonyl (C=O) groups is 1. The zero-order chi connectivity index (χ0) is 14.0. The van der Waals surface area contributed by atoms with Crippen LogP contribution in [0.5, 0.6) is 0 Å². The van der Waals surface area contributed by atoms with Crippen LogP contribution in [0.4, 0.5) is 10.5 Å². The normalized spacial score (nSPS) is 17.2. The van der Waals surface area contributed by atoms with Crippen molar-refractivity contribution in [3.8, 4) is 0 Å². The van der Waals surface area contributed by atoms with Crippen molar-refractivity contribution in [3.05, 3.63) is 30.5 Å². The number of aromatic amines is 1. The molecule has 0 radical (unpaired) electrons. The van der Waals surface area contributed by atoms with Crippen LogP contribution in [-0.2, 0) is 0 Å². The number of hydrogen-bond donors (Lipinski definition) is 4. The smallest absolute Gasteiger partial charge is 0.319 e. The number of aromatic nitrogens is 1. The highest BCUT2D eigenvalue weighted by Crippen LogP contribution is 2.28. The number of amides is 2. The van der Waals surface area contributed by atoms with Gasteiger partial charge in [-0.05, 0) is 37.1 Å². The van der Waals surface area contributed by atoms with Crippen molar-refractivity contribution in [1.82, 2.24) is 10.3 Å². The lowest BCUT2D eigenvalue weighted by Gasteiger charge is -2.22. The average molecular weight is 273 g/mol. The molecule has 0 atom stereocenters. The molecule has 2 aromatic rings. The fraction of sp³-hybridized carbons (Fsp3) is 0.400. The minimum atomic E-state index is -0.720. The van der Waals surface area contributed by atoms with Gasteiger partial charge >= 0.3 is 6.03 Å². The van der Waals surface area contributed by atoms with Gasteiger partial charge in [0.1, 0.15) is 0 Å². The summed E-state index contributed by atoms with van der Waals surface area (Å²) in [6.07, 6.45) is 5.46. The molecule has 1 aromatic heterocycles. The molecule has 4 N–H and O–H groups in total. The SMILES string of the molecule is O=C(NCC1(O)CCCC1)Nc1ccc2[nH]ccc2c1. The molecule has 0 aliphatic heterocycles. The Balaban J connectivity index is 1.58. The van der Waals surface area contributed by atoms with Crippen LogP contribution in [0.1, 0.15) is 25.7 Å². The largest absolute Gasteiger partial charge is 0.388 e. The molecule has 3 rings (SSSR count). The summed E-state index contributed by atoms with van der Waals surface area (Å²) < 4.78 is 0. The maximum atomic E-state index is 11.8. The first kappa shape index (κ1) is 13.0. The number of aliphatic hydroxyl groups is 1. The molecule has 1 fully saturated rings. The Morgan fingerprint density at radius 2 is 2.10 bits per heavy atom. The molecule has 2 amide bonds. The summed E-state index contributed by atoms with van der Waals surface area (Å²) in [6, 6.07) is 7.37. The zero-order valence-corrected chi connectivity index (χ0v) is 11.3. The Labute approximate surface area is 117 Å². The van der Waals surface area contributed by atoms with Gasteiger partial charge < -0.3 is 20.7 Å². The van der Waals surface area contributed by atoms with Crippen molar-refractivity contribution < 1.29 is 9.90 Å². The van der Waals surface area contributed by atoms with Gasteiger partial charge in [-0.2, -0.15) is 0 Å². The standard InChI is InChI=1S/C15H19N3O2/c19-14(17-10-15(20)6-1-2-7-15)18-12-3-4-13-11(9-12)5-8-16-13/h3-5,8-9,16,20H,1-2,6-7,10H2,(H2,17,18,19). The van der Waals surface area contributed by atoms with Crippen LogP contribution < -0.4 is 10.6 Å². The summed E-state index contributed by atoms with van der Waals surface area (Å²) in [6.45, 7) is 0.311. The second-order valence-corrected chi connectivity index (χ2v) is 5.52. The first-order chi connectivity index (χ1) is 9.65. The van der Waals surface area contributed by atoms with Crippen LogP contribution in [0.2, 0.25) is 0 Å². The van der Waals surface area contributed by atoms with E-state index >= 15 is 0 Å². The summed E-state index contributed by atoms with van der Waals surface area (Å²) >= 11 is 0.